The molecule has 11 heteroatoms. The van der Waals surface area contributed by atoms with Crippen LogP contribution < -0.4 is 10.6 Å². The van der Waals surface area contributed by atoms with Gasteiger partial charge in [0.25, 0.3) is 0 Å². The Morgan fingerprint density at radius 2 is 1.54 bits per heavy atom. The maximum atomic E-state index is 13.3. The number of amides is 3. The first-order valence-electron chi connectivity index (χ1n) is 11.9. The zero-order chi connectivity index (χ0) is 26.7. The molecular formula is C26H30N4O6S. The fraction of sp³-hybridized carbons (Fsp3) is 0.346. The average molecular weight is 527 g/mol. The van der Waals surface area contributed by atoms with Gasteiger partial charge in [-0.25, -0.2) is 8.42 Å². The van der Waals surface area contributed by atoms with Crippen molar-refractivity contribution in [3.05, 3.63) is 54.7 Å². The molecule has 1 aromatic heterocycles. The molecule has 10 nitrogen and oxygen atoms in total. The van der Waals surface area contributed by atoms with E-state index in [1.165, 1.54) is 13.1 Å². The van der Waals surface area contributed by atoms with Crippen molar-refractivity contribution >= 4 is 49.8 Å². The number of sulfone groups is 1. The van der Waals surface area contributed by atoms with Gasteiger partial charge < -0.3 is 24.8 Å². The minimum atomic E-state index is -4.02. The lowest BCUT2D eigenvalue weighted by Gasteiger charge is -2.35. The smallest absolute Gasteiger partial charge is 0.242 e. The van der Waals surface area contributed by atoms with Gasteiger partial charge >= 0.3 is 0 Å². The molecule has 37 heavy (non-hydrogen) atoms. The number of para-hydroxylation sites is 1. The second-order valence-corrected chi connectivity index (χ2v) is 11.2. The third-order valence-corrected chi connectivity index (χ3v) is 7.61. The highest BCUT2D eigenvalue weighted by Crippen LogP contribution is 2.27. The number of carbonyl (C=O) groups excluding carboxylic acids is 3. The molecule has 0 spiro atoms. The number of carbonyl (C=O) groups is 3. The predicted molar refractivity (Wildman–Crippen MR) is 140 cm³/mol. The molecule has 2 atom stereocenters. The summed E-state index contributed by atoms with van der Waals surface area (Å²) >= 11 is 0. The number of nitrogens with zero attached hydrogens (tertiary/aromatic N) is 2. The van der Waals surface area contributed by atoms with Crippen LogP contribution in [0.4, 0.5) is 11.4 Å². The Labute approximate surface area is 215 Å². The molecule has 1 saturated heterocycles. The number of ether oxygens (including phenoxy) is 1. The van der Waals surface area contributed by atoms with E-state index in [-0.39, 0.29) is 35.5 Å². The minimum absolute atomic E-state index is 0.00392. The second-order valence-electron chi connectivity index (χ2n) is 9.26. The summed E-state index contributed by atoms with van der Waals surface area (Å²) in [5.41, 5.74) is 1.55. The van der Waals surface area contributed by atoms with Crippen LogP contribution in [0.1, 0.15) is 20.8 Å². The lowest BCUT2D eigenvalue weighted by atomic mass is 10.2. The SMILES string of the molecule is CC(=O)Nc1ccc(NC(=O)CS(=O)(=O)c2cn(CC(=O)N3C[C@H](C)O[C@@H](C)C3)c3ccccc23)cc1. The number of morpholine rings is 1. The third-order valence-electron chi connectivity index (χ3n) is 5.98. The van der Waals surface area contributed by atoms with Gasteiger partial charge in [0, 0.05) is 48.5 Å². The summed E-state index contributed by atoms with van der Waals surface area (Å²) < 4.78 is 33.9. The second kappa shape index (κ2) is 10.7. The standard InChI is InChI=1S/C26H30N4O6S/c1-17-12-30(13-18(2)36-17)26(33)15-29-14-24(22-6-4-5-7-23(22)29)37(34,35)16-25(32)28-21-10-8-20(9-11-21)27-19(3)31/h4-11,14,17-18H,12-13,15-16H2,1-3H3,(H,27,31)(H,28,32)/t17-,18-/m0/s1. The topological polar surface area (TPSA) is 127 Å². The maximum Gasteiger partial charge on any atom is 0.242 e. The first-order chi connectivity index (χ1) is 17.5. The normalized spacial score (nSPS) is 18.0. The number of nitrogens with one attached hydrogen (secondary N) is 2. The molecule has 1 aliphatic heterocycles. The maximum absolute atomic E-state index is 13.3. The average Bonchev–Trinajstić information content (AvgIpc) is 3.18. The summed E-state index contributed by atoms with van der Waals surface area (Å²) in [6.07, 6.45) is 1.27. The third kappa shape index (κ3) is 6.36. The molecule has 1 aliphatic rings. The molecule has 0 bridgehead atoms. The Hall–Kier alpha value is -3.70. The van der Waals surface area contributed by atoms with Crippen LogP contribution in [0, 0.1) is 0 Å². The first kappa shape index (κ1) is 26.4. The van der Waals surface area contributed by atoms with E-state index in [1.807, 2.05) is 13.8 Å². The lowest BCUT2D eigenvalue weighted by molar-refractivity contribution is -0.143. The van der Waals surface area contributed by atoms with E-state index >= 15 is 0 Å². The van der Waals surface area contributed by atoms with Crippen molar-refractivity contribution in [1.82, 2.24) is 9.47 Å². The first-order valence-corrected chi connectivity index (χ1v) is 13.6. The van der Waals surface area contributed by atoms with Gasteiger partial charge in [0.2, 0.25) is 17.7 Å². The van der Waals surface area contributed by atoms with Gasteiger partial charge in [-0.3, -0.25) is 14.4 Å². The number of anilines is 2. The molecule has 1 fully saturated rings. The molecule has 2 aromatic carbocycles. The zero-order valence-electron chi connectivity index (χ0n) is 20.9. The number of fused-ring (bicyclic) bond motifs is 1. The van der Waals surface area contributed by atoms with Crippen LogP contribution in [0.5, 0.6) is 0 Å². The van der Waals surface area contributed by atoms with Crippen LogP contribution in [-0.4, -0.2) is 66.7 Å². The number of hydrogen-bond acceptors (Lipinski definition) is 6. The van der Waals surface area contributed by atoms with E-state index in [0.717, 1.165) is 0 Å². The van der Waals surface area contributed by atoms with Crippen LogP contribution in [0.15, 0.2) is 59.6 Å². The number of rotatable bonds is 7. The Bertz CT molecular complexity index is 1420. The van der Waals surface area contributed by atoms with Gasteiger partial charge in [0.1, 0.15) is 12.3 Å². The van der Waals surface area contributed by atoms with Crippen molar-refractivity contribution in [3.8, 4) is 0 Å². The monoisotopic (exact) mass is 526 g/mol. The number of hydrogen-bond donors (Lipinski definition) is 2. The van der Waals surface area contributed by atoms with Gasteiger partial charge in [0.15, 0.2) is 9.84 Å². The number of benzene rings is 2. The molecule has 196 valence electrons. The Balaban J connectivity index is 1.51. The van der Waals surface area contributed by atoms with Crippen LogP contribution in [-0.2, 0) is 35.5 Å². The molecular weight excluding hydrogens is 496 g/mol. The molecule has 0 aliphatic carbocycles. The van der Waals surface area contributed by atoms with Crippen LogP contribution in [0.25, 0.3) is 10.9 Å². The Kier molecular flexibility index (Phi) is 7.65. The van der Waals surface area contributed by atoms with Crippen molar-refractivity contribution in [1.29, 1.82) is 0 Å². The predicted octanol–water partition coefficient (Wildman–Crippen LogP) is 2.65. The molecule has 0 radical (unpaired) electrons. The zero-order valence-corrected chi connectivity index (χ0v) is 21.7. The van der Waals surface area contributed by atoms with E-state index < -0.39 is 21.5 Å². The highest BCUT2D eigenvalue weighted by Gasteiger charge is 2.28. The van der Waals surface area contributed by atoms with Crippen molar-refractivity contribution < 1.29 is 27.5 Å². The summed E-state index contributed by atoms with van der Waals surface area (Å²) in [4.78, 5) is 38.5. The highest BCUT2D eigenvalue weighted by atomic mass is 32.2. The van der Waals surface area contributed by atoms with Crippen LogP contribution >= 0.6 is 0 Å². The van der Waals surface area contributed by atoms with Crippen molar-refractivity contribution in [2.24, 2.45) is 0 Å². The van der Waals surface area contributed by atoms with Crippen LogP contribution in [0.2, 0.25) is 0 Å². The van der Waals surface area contributed by atoms with Gasteiger partial charge in [-0.15, -0.1) is 0 Å². The largest absolute Gasteiger partial charge is 0.372 e. The summed E-state index contributed by atoms with van der Waals surface area (Å²) in [5.74, 6) is -1.82. The fourth-order valence-corrected chi connectivity index (χ4v) is 5.87. The van der Waals surface area contributed by atoms with Gasteiger partial charge in [-0.1, -0.05) is 18.2 Å². The molecule has 0 saturated carbocycles. The van der Waals surface area contributed by atoms with E-state index in [0.29, 0.717) is 35.4 Å². The van der Waals surface area contributed by atoms with E-state index in [2.05, 4.69) is 10.6 Å². The molecule has 2 heterocycles. The van der Waals surface area contributed by atoms with E-state index in [1.54, 1.807) is 58.0 Å². The summed E-state index contributed by atoms with van der Waals surface area (Å²) in [6, 6.07) is 13.3. The van der Waals surface area contributed by atoms with Gasteiger partial charge in [-0.2, -0.15) is 0 Å². The van der Waals surface area contributed by atoms with Crippen molar-refractivity contribution in [2.75, 3.05) is 29.5 Å². The molecule has 3 aromatic rings. The van der Waals surface area contributed by atoms with E-state index in [9.17, 15) is 22.8 Å². The summed E-state index contributed by atoms with van der Waals surface area (Å²) in [5, 5.41) is 5.65. The molecule has 0 unspecified atom stereocenters. The molecule has 3 amide bonds. The number of aromatic nitrogens is 1. The van der Waals surface area contributed by atoms with Gasteiger partial charge in [0.05, 0.1) is 17.1 Å². The minimum Gasteiger partial charge on any atom is -0.372 e. The lowest BCUT2D eigenvalue weighted by Crippen LogP contribution is -2.49. The van der Waals surface area contributed by atoms with E-state index in [4.69, 9.17) is 4.74 Å². The summed E-state index contributed by atoms with van der Waals surface area (Å²) in [7, 11) is -4.02. The molecule has 2 N–H and O–H groups in total. The van der Waals surface area contributed by atoms with Crippen LogP contribution in [0.3, 0.4) is 0 Å². The summed E-state index contributed by atoms with van der Waals surface area (Å²) in [6.45, 7) is 6.13. The Morgan fingerprint density at radius 1 is 0.946 bits per heavy atom. The highest BCUT2D eigenvalue weighted by molar-refractivity contribution is 7.92. The van der Waals surface area contributed by atoms with Crippen molar-refractivity contribution in [2.45, 2.75) is 44.4 Å². The fourth-order valence-electron chi connectivity index (χ4n) is 4.51. The molecule has 4 rings (SSSR count). The quantitative estimate of drug-likeness (QED) is 0.487. The van der Waals surface area contributed by atoms with Crippen molar-refractivity contribution in [3.63, 3.8) is 0 Å². The van der Waals surface area contributed by atoms with Gasteiger partial charge in [-0.05, 0) is 44.2 Å². The Morgan fingerprint density at radius 3 is 2.16 bits per heavy atom.